The molecular weight excluding hydrogens is 307 g/mol. The summed E-state index contributed by atoms with van der Waals surface area (Å²) in [6, 6.07) is 12.9. The Morgan fingerprint density at radius 1 is 1.17 bits per heavy atom. The lowest BCUT2D eigenvalue weighted by Crippen LogP contribution is -2.38. The summed E-state index contributed by atoms with van der Waals surface area (Å²) in [4.78, 5) is 12.1. The minimum absolute atomic E-state index is 0.0867. The van der Waals surface area contributed by atoms with Gasteiger partial charge in [0, 0.05) is 17.6 Å². The number of aliphatic hydroxyl groups excluding tert-OH is 1. The molecule has 1 atom stereocenters. The fourth-order valence-electron chi connectivity index (χ4n) is 2.14. The maximum Gasteiger partial charge on any atom is 0.255 e. The summed E-state index contributed by atoms with van der Waals surface area (Å²) < 4.78 is 14.2. The molecule has 0 aliphatic carbocycles. The molecule has 0 aliphatic heterocycles. The van der Waals surface area contributed by atoms with Gasteiger partial charge < -0.3 is 15.7 Å². The van der Waals surface area contributed by atoms with Crippen molar-refractivity contribution in [3.05, 3.63) is 65.5 Å². The Morgan fingerprint density at radius 2 is 1.83 bits per heavy atom. The van der Waals surface area contributed by atoms with Crippen molar-refractivity contribution in [1.82, 2.24) is 5.32 Å². The summed E-state index contributed by atoms with van der Waals surface area (Å²) in [5.74, 6) is -0.955. The lowest BCUT2D eigenvalue weighted by atomic mass is 10.1. The fraction of sp³-hybridized carbons (Fsp3) is 0.316. The highest BCUT2D eigenvalue weighted by atomic mass is 19.1. The van der Waals surface area contributed by atoms with E-state index in [4.69, 9.17) is 0 Å². The Kier molecular flexibility index (Phi) is 5.70. The molecular formula is C19H23FN2O2. The summed E-state index contributed by atoms with van der Waals surface area (Å²) in [5, 5.41) is 15.8. The van der Waals surface area contributed by atoms with Crippen molar-refractivity contribution < 1.29 is 14.3 Å². The number of carbonyl (C=O) groups is 1. The van der Waals surface area contributed by atoms with Crippen molar-refractivity contribution in [2.45, 2.75) is 32.4 Å². The Balaban J connectivity index is 2.05. The molecule has 128 valence electrons. The number of hydrogen-bond donors (Lipinski definition) is 3. The van der Waals surface area contributed by atoms with Gasteiger partial charge in [-0.05, 0) is 50.6 Å². The van der Waals surface area contributed by atoms with E-state index in [0.717, 1.165) is 0 Å². The summed E-state index contributed by atoms with van der Waals surface area (Å²) in [6.07, 6.45) is -0.822. The van der Waals surface area contributed by atoms with Crippen LogP contribution in [0.1, 0.15) is 42.8 Å². The van der Waals surface area contributed by atoms with Crippen molar-refractivity contribution >= 4 is 11.6 Å². The second-order valence-corrected chi connectivity index (χ2v) is 6.71. The molecule has 1 unspecified atom stereocenters. The van der Waals surface area contributed by atoms with E-state index >= 15 is 0 Å². The predicted octanol–water partition coefficient (Wildman–Crippen LogP) is 3.50. The monoisotopic (exact) mass is 330 g/mol. The highest BCUT2D eigenvalue weighted by Crippen LogP contribution is 2.21. The first-order valence-corrected chi connectivity index (χ1v) is 7.85. The molecule has 2 aromatic rings. The molecule has 0 saturated carbocycles. The molecule has 0 bridgehead atoms. The highest BCUT2D eigenvalue weighted by molar-refractivity contribution is 6.04. The Hall–Kier alpha value is -2.24. The first kappa shape index (κ1) is 18.1. The minimum Gasteiger partial charge on any atom is -0.387 e. The van der Waals surface area contributed by atoms with Gasteiger partial charge in [0.2, 0.25) is 0 Å². The van der Waals surface area contributed by atoms with E-state index in [1.54, 1.807) is 36.4 Å². The minimum atomic E-state index is -0.822. The van der Waals surface area contributed by atoms with Gasteiger partial charge in [-0.15, -0.1) is 0 Å². The van der Waals surface area contributed by atoms with Crippen LogP contribution in [0.25, 0.3) is 0 Å². The van der Waals surface area contributed by atoms with Gasteiger partial charge >= 0.3 is 0 Å². The van der Waals surface area contributed by atoms with Crippen molar-refractivity contribution in [2.75, 3.05) is 11.9 Å². The average Bonchev–Trinajstić information content (AvgIpc) is 2.54. The van der Waals surface area contributed by atoms with Crippen molar-refractivity contribution in [2.24, 2.45) is 0 Å². The molecule has 0 fully saturated rings. The zero-order chi connectivity index (χ0) is 17.7. The quantitative estimate of drug-likeness (QED) is 0.786. The van der Waals surface area contributed by atoms with Crippen LogP contribution in [0.3, 0.4) is 0 Å². The van der Waals surface area contributed by atoms with Gasteiger partial charge in [-0.3, -0.25) is 4.79 Å². The largest absolute Gasteiger partial charge is 0.387 e. The molecule has 0 saturated heterocycles. The summed E-state index contributed by atoms with van der Waals surface area (Å²) in [7, 11) is 0. The molecule has 0 aliphatic rings. The SMILES string of the molecule is CC(C)(C)NCC(O)c1ccc(NC(=O)c2ccccc2)c(F)c1. The fourth-order valence-corrected chi connectivity index (χ4v) is 2.14. The van der Waals surface area contributed by atoms with Crippen LogP contribution in [-0.4, -0.2) is 23.1 Å². The third-order valence-electron chi connectivity index (χ3n) is 3.49. The summed E-state index contributed by atoms with van der Waals surface area (Å²) in [5.41, 5.74) is 0.865. The number of aliphatic hydroxyl groups is 1. The zero-order valence-electron chi connectivity index (χ0n) is 14.1. The van der Waals surface area contributed by atoms with E-state index in [2.05, 4.69) is 10.6 Å². The molecule has 0 spiro atoms. The number of halogens is 1. The van der Waals surface area contributed by atoms with Gasteiger partial charge in [0.05, 0.1) is 11.8 Å². The second-order valence-electron chi connectivity index (χ2n) is 6.71. The molecule has 24 heavy (non-hydrogen) atoms. The van der Waals surface area contributed by atoms with Gasteiger partial charge in [-0.25, -0.2) is 4.39 Å². The molecule has 4 nitrogen and oxygen atoms in total. The van der Waals surface area contributed by atoms with Crippen LogP contribution < -0.4 is 10.6 Å². The number of β-amino-alcohol motifs (C(OH)–C–C–N with tert-alkyl or cyclic N) is 1. The van der Waals surface area contributed by atoms with E-state index < -0.39 is 11.9 Å². The number of benzene rings is 2. The molecule has 2 aromatic carbocycles. The van der Waals surface area contributed by atoms with Crippen molar-refractivity contribution in [1.29, 1.82) is 0 Å². The van der Waals surface area contributed by atoms with E-state index in [-0.39, 0.29) is 17.1 Å². The number of anilines is 1. The van der Waals surface area contributed by atoms with Crippen LogP contribution in [0, 0.1) is 5.82 Å². The van der Waals surface area contributed by atoms with Crippen LogP contribution in [0.5, 0.6) is 0 Å². The smallest absolute Gasteiger partial charge is 0.255 e. The molecule has 2 rings (SSSR count). The van der Waals surface area contributed by atoms with Gasteiger partial charge in [0.25, 0.3) is 5.91 Å². The third-order valence-corrected chi connectivity index (χ3v) is 3.49. The Bertz CT molecular complexity index is 696. The standard InChI is InChI=1S/C19H23FN2O2/c1-19(2,3)21-12-17(23)14-9-10-16(15(20)11-14)22-18(24)13-7-5-4-6-8-13/h4-11,17,21,23H,12H2,1-3H3,(H,22,24). The highest BCUT2D eigenvalue weighted by Gasteiger charge is 2.16. The Morgan fingerprint density at radius 3 is 2.42 bits per heavy atom. The van der Waals surface area contributed by atoms with Crippen LogP contribution >= 0.6 is 0 Å². The predicted molar refractivity (Wildman–Crippen MR) is 93.5 cm³/mol. The summed E-state index contributed by atoms with van der Waals surface area (Å²) in [6.45, 7) is 6.28. The topological polar surface area (TPSA) is 61.4 Å². The lowest BCUT2D eigenvalue weighted by molar-refractivity contribution is 0.102. The molecule has 0 aromatic heterocycles. The molecule has 1 amide bonds. The molecule has 0 radical (unpaired) electrons. The van der Waals surface area contributed by atoms with E-state index in [0.29, 0.717) is 17.7 Å². The second kappa shape index (κ2) is 7.55. The normalized spacial score (nSPS) is 12.7. The van der Waals surface area contributed by atoms with Crippen LogP contribution in [0.15, 0.2) is 48.5 Å². The summed E-state index contributed by atoms with van der Waals surface area (Å²) >= 11 is 0. The van der Waals surface area contributed by atoms with Crippen molar-refractivity contribution in [3.8, 4) is 0 Å². The molecule has 3 N–H and O–H groups in total. The maximum absolute atomic E-state index is 14.2. The van der Waals surface area contributed by atoms with Gasteiger partial charge in [0.15, 0.2) is 0 Å². The Labute approximate surface area is 141 Å². The van der Waals surface area contributed by atoms with Crippen LogP contribution in [0.4, 0.5) is 10.1 Å². The maximum atomic E-state index is 14.2. The molecule has 0 heterocycles. The van der Waals surface area contributed by atoms with E-state index in [9.17, 15) is 14.3 Å². The number of amides is 1. The first-order chi connectivity index (χ1) is 11.3. The van der Waals surface area contributed by atoms with Crippen LogP contribution in [0.2, 0.25) is 0 Å². The number of hydrogen-bond acceptors (Lipinski definition) is 3. The average molecular weight is 330 g/mol. The van der Waals surface area contributed by atoms with Gasteiger partial charge in [-0.2, -0.15) is 0 Å². The lowest BCUT2D eigenvalue weighted by Gasteiger charge is -2.23. The first-order valence-electron chi connectivity index (χ1n) is 7.85. The zero-order valence-corrected chi connectivity index (χ0v) is 14.1. The van der Waals surface area contributed by atoms with Gasteiger partial charge in [-0.1, -0.05) is 24.3 Å². The number of rotatable bonds is 5. The molecule has 5 heteroatoms. The van der Waals surface area contributed by atoms with Crippen LogP contribution in [-0.2, 0) is 0 Å². The number of nitrogens with one attached hydrogen (secondary N) is 2. The third kappa shape index (κ3) is 5.15. The van der Waals surface area contributed by atoms with Gasteiger partial charge in [0.1, 0.15) is 5.82 Å². The van der Waals surface area contributed by atoms with E-state index in [1.165, 1.54) is 12.1 Å². The van der Waals surface area contributed by atoms with Crippen molar-refractivity contribution in [3.63, 3.8) is 0 Å². The van der Waals surface area contributed by atoms with E-state index in [1.807, 2.05) is 20.8 Å². The number of carbonyl (C=O) groups excluding carboxylic acids is 1.